The zero-order valence-corrected chi connectivity index (χ0v) is 8.36. The summed E-state index contributed by atoms with van der Waals surface area (Å²) in [6.07, 6.45) is 0. The first-order valence-electron chi connectivity index (χ1n) is 4.47. The molecule has 0 saturated carbocycles. The molecular formula is C10H13N3O2. The van der Waals surface area contributed by atoms with Crippen molar-refractivity contribution < 1.29 is 9.53 Å². The zero-order chi connectivity index (χ0) is 11.3. The van der Waals surface area contributed by atoms with E-state index in [0.29, 0.717) is 5.75 Å². The van der Waals surface area contributed by atoms with Gasteiger partial charge in [-0.05, 0) is 19.1 Å². The fourth-order valence-corrected chi connectivity index (χ4v) is 0.985. The Bertz CT molecular complexity index is 351. The van der Waals surface area contributed by atoms with Crippen LogP contribution in [0.5, 0.6) is 5.75 Å². The van der Waals surface area contributed by atoms with Gasteiger partial charge in [-0.3, -0.25) is 5.41 Å². The van der Waals surface area contributed by atoms with Crippen LogP contribution in [0.25, 0.3) is 0 Å². The van der Waals surface area contributed by atoms with E-state index in [4.69, 9.17) is 15.9 Å². The lowest BCUT2D eigenvalue weighted by atomic mass is 10.3. The van der Waals surface area contributed by atoms with Crippen molar-refractivity contribution >= 4 is 11.9 Å². The maximum Gasteiger partial charge on any atom is 0.333 e. The van der Waals surface area contributed by atoms with Crippen molar-refractivity contribution in [3.8, 4) is 5.75 Å². The minimum Gasteiger partial charge on any atom is -0.425 e. The first-order valence-corrected chi connectivity index (χ1v) is 4.47. The smallest absolute Gasteiger partial charge is 0.333 e. The molecule has 0 bridgehead atoms. The van der Waals surface area contributed by atoms with Crippen LogP contribution in [0, 0.1) is 5.41 Å². The van der Waals surface area contributed by atoms with Crippen molar-refractivity contribution in [3.63, 3.8) is 0 Å². The monoisotopic (exact) mass is 207 g/mol. The van der Waals surface area contributed by atoms with Crippen molar-refractivity contribution in [1.29, 1.82) is 5.41 Å². The Morgan fingerprint density at radius 3 is 2.60 bits per heavy atom. The molecule has 0 radical (unpaired) electrons. The lowest BCUT2D eigenvalue weighted by Crippen LogP contribution is -2.43. The molecule has 1 rings (SSSR count). The normalized spacial score (nSPS) is 11.5. The molecule has 1 unspecified atom stereocenters. The lowest BCUT2D eigenvalue weighted by molar-refractivity contribution is -0.135. The first kappa shape index (κ1) is 11.0. The number of ether oxygens (including phenoxy) is 1. The van der Waals surface area contributed by atoms with E-state index in [1.165, 1.54) is 0 Å². The second-order valence-electron chi connectivity index (χ2n) is 3.01. The lowest BCUT2D eigenvalue weighted by Gasteiger charge is -2.12. The number of nitrogens with two attached hydrogens (primary N) is 1. The summed E-state index contributed by atoms with van der Waals surface area (Å²) in [7, 11) is 0. The van der Waals surface area contributed by atoms with Crippen molar-refractivity contribution in [2.45, 2.75) is 13.0 Å². The molecule has 0 amide bonds. The van der Waals surface area contributed by atoms with E-state index < -0.39 is 12.0 Å². The van der Waals surface area contributed by atoms with Gasteiger partial charge < -0.3 is 15.8 Å². The molecular weight excluding hydrogens is 194 g/mol. The Labute approximate surface area is 87.7 Å². The number of carbonyl (C=O) groups excluding carboxylic acids is 1. The molecule has 5 nitrogen and oxygen atoms in total. The SMILES string of the molecule is CC(NC(=N)N)C(=O)Oc1ccccc1. The summed E-state index contributed by atoms with van der Waals surface area (Å²) in [5.74, 6) is -0.261. The Hall–Kier alpha value is -2.04. The molecule has 0 aliphatic heterocycles. The molecule has 0 aliphatic carbocycles. The fraction of sp³-hybridized carbons (Fsp3) is 0.200. The molecule has 0 aliphatic rings. The van der Waals surface area contributed by atoms with Crippen LogP contribution in [-0.4, -0.2) is 18.0 Å². The Kier molecular flexibility index (Phi) is 3.68. The summed E-state index contributed by atoms with van der Waals surface area (Å²) in [6.45, 7) is 1.58. The van der Waals surface area contributed by atoms with Crippen molar-refractivity contribution in [2.75, 3.05) is 0 Å². The van der Waals surface area contributed by atoms with Crippen LogP contribution in [0.4, 0.5) is 0 Å². The number of esters is 1. The van der Waals surface area contributed by atoms with E-state index in [1.807, 2.05) is 6.07 Å². The maximum absolute atomic E-state index is 11.4. The molecule has 0 saturated heterocycles. The van der Waals surface area contributed by atoms with Gasteiger partial charge in [0.15, 0.2) is 5.96 Å². The second-order valence-corrected chi connectivity index (χ2v) is 3.01. The molecule has 80 valence electrons. The fourth-order valence-electron chi connectivity index (χ4n) is 0.985. The quantitative estimate of drug-likeness (QED) is 0.291. The highest BCUT2D eigenvalue weighted by molar-refractivity contribution is 5.84. The predicted octanol–water partition coefficient (Wildman–Crippen LogP) is 0.464. The minimum atomic E-state index is -0.636. The van der Waals surface area contributed by atoms with E-state index in [2.05, 4.69) is 5.32 Å². The molecule has 0 heterocycles. The number of carbonyl (C=O) groups is 1. The molecule has 1 atom stereocenters. The van der Waals surface area contributed by atoms with Gasteiger partial charge in [0.1, 0.15) is 11.8 Å². The summed E-state index contributed by atoms with van der Waals surface area (Å²) < 4.78 is 5.02. The van der Waals surface area contributed by atoms with Crippen LogP contribution >= 0.6 is 0 Å². The maximum atomic E-state index is 11.4. The molecule has 0 aromatic heterocycles. The summed E-state index contributed by atoms with van der Waals surface area (Å²) in [4.78, 5) is 11.4. The zero-order valence-electron chi connectivity index (χ0n) is 8.36. The van der Waals surface area contributed by atoms with Gasteiger partial charge in [0, 0.05) is 0 Å². The van der Waals surface area contributed by atoms with Gasteiger partial charge in [0.2, 0.25) is 0 Å². The Morgan fingerprint density at radius 2 is 2.07 bits per heavy atom. The topological polar surface area (TPSA) is 88.2 Å². The molecule has 0 fully saturated rings. The third kappa shape index (κ3) is 3.68. The van der Waals surface area contributed by atoms with Crippen molar-refractivity contribution in [3.05, 3.63) is 30.3 Å². The molecule has 1 aromatic rings. The summed E-state index contributed by atoms with van der Waals surface area (Å²) >= 11 is 0. The first-order chi connectivity index (χ1) is 7.09. The van der Waals surface area contributed by atoms with Crippen LogP contribution in [0.2, 0.25) is 0 Å². The van der Waals surface area contributed by atoms with E-state index >= 15 is 0 Å². The molecule has 15 heavy (non-hydrogen) atoms. The van der Waals surface area contributed by atoms with Crippen LogP contribution in [-0.2, 0) is 4.79 Å². The average molecular weight is 207 g/mol. The van der Waals surface area contributed by atoms with E-state index in [0.717, 1.165) is 0 Å². The average Bonchev–Trinajstić information content (AvgIpc) is 2.18. The summed E-state index contributed by atoms with van der Waals surface area (Å²) in [5, 5.41) is 9.41. The highest BCUT2D eigenvalue weighted by Crippen LogP contribution is 2.08. The van der Waals surface area contributed by atoms with Gasteiger partial charge in [-0.25, -0.2) is 4.79 Å². The third-order valence-electron chi connectivity index (χ3n) is 1.69. The molecule has 4 N–H and O–H groups in total. The Morgan fingerprint density at radius 1 is 1.47 bits per heavy atom. The van der Waals surface area contributed by atoms with E-state index in [-0.39, 0.29) is 5.96 Å². The van der Waals surface area contributed by atoms with Gasteiger partial charge in [0.25, 0.3) is 0 Å². The molecule has 0 spiro atoms. The minimum absolute atomic E-state index is 0.257. The predicted molar refractivity (Wildman–Crippen MR) is 56.6 cm³/mol. The van der Waals surface area contributed by atoms with Gasteiger partial charge in [-0.15, -0.1) is 0 Å². The second kappa shape index (κ2) is 4.99. The number of hydrogen-bond acceptors (Lipinski definition) is 3. The summed E-state index contributed by atoms with van der Waals surface area (Å²) in [5.41, 5.74) is 5.09. The number of hydrogen-bond donors (Lipinski definition) is 3. The standard InChI is InChI=1S/C10H13N3O2/c1-7(13-10(11)12)9(14)15-8-5-3-2-4-6-8/h2-7H,1H3,(H4,11,12,13). The van der Waals surface area contributed by atoms with Crippen molar-refractivity contribution in [2.24, 2.45) is 5.73 Å². The number of para-hydroxylation sites is 1. The number of benzene rings is 1. The van der Waals surface area contributed by atoms with Gasteiger partial charge in [0.05, 0.1) is 0 Å². The van der Waals surface area contributed by atoms with Crippen molar-refractivity contribution in [1.82, 2.24) is 5.32 Å². The summed E-state index contributed by atoms with van der Waals surface area (Å²) in [6, 6.07) is 8.09. The number of rotatable bonds is 3. The van der Waals surface area contributed by atoms with Gasteiger partial charge in [-0.1, -0.05) is 18.2 Å². The number of nitrogens with one attached hydrogen (secondary N) is 2. The van der Waals surface area contributed by atoms with E-state index in [1.54, 1.807) is 31.2 Å². The van der Waals surface area contributed by atoms with Crippen LogP contribution in [0.3, 0.4) is 0 Å². The van der Waals surface area contributed by atoms with E-state index in [9.17, 15) is 4.79 Å². The van der Waals surface area contributed by atoms with Crippen LogP contribution in [0.1, 0.15) is 6.92 Å². The van der Waals surface area contributed by atoms with Gasteiger partial charge in [-0.2, -0.15) is 0 Å². The molecule has 5 heteroatoms. The third-order valence-corrected chi connectivity index (χ3v) is 1.69. The highest BCUT2D eigenvalue weighted by Gasteiger charge is 2.14. The Balaban J connectivity index is 2.52. The van der Waals surface area contributed by atoms with Gasteiger partial charge >= 0.3 is 5.97 Å². The highest BCUT2D eigenvalue weighted by atomic mass is 16.5. The molecule has 1 aromatic carbocycles. The van der Waals surface area contributed by atoms with Crippen LogP contribution < -0.4 is 15.8 Å². The largest absolute Gasteiger partial charge is 0.425 e. The number of guanidine groups is 1. The van der Waals surface area contributed by atoms with Crippen LogP contribution in [0.15, 0.2) is 30.3 Å².